The van der Waals surface area contributed by atoms with Crippen molar-refractivity contribution < 1.29 is 26.9 Å². The van der Waals surface area contributed by atoms with Gasteiger partial charge in [0.05, 0.1) is 73.5 Å². The van der Waals surface area contributed by atoms with Crippen LogP contribution in [0.1, 0.15) is 41.4 Å². The van der Waals surface area contributed by atoms with Crippen molar-refractivity contribution in [1.82, 2.24) is 29.2 Å². The molecule has 0 radical (unpaired) electrons. The number of nitrogens with one attached hydrogen (secondary N) is 1. The number of benzene rings is 3. The van der Waals surface area contributed by atoms with E-state index in [0.717, 1.165) is 21.3 Å². The second-order valence-electron chi connectivity index (χ2n) is 12.7. The number of rotatable bonds is 7. The first-order valence-corrected chi connectivity index (χ1v) is 15.8. The predicted molar refractivity (Wildman–Crippen MR) is 184 cm³/mol. The quantitative estimate of drug-likeness (QED) is 0.181. The zero-order valence-corrected chi connectivity index (χ0v) is 28.6. The Morgan fingerprint density at radius 3 is 2.22 bits per heavy atom. The van der Waals surface area contributed by atoms with Gasteiger partial charge in [-0.05, 0) is 62.4 Å². The number of alkyl halides is 3. The molecular formula is C37H36F3N8O3+. The number of quaternary nitrogens is 1. The number of nitrogens with zero attached hydrogens (tertiary/aromatic N) is 7. The third kappa shape index (κ3) is 8.34. The molecule has 0 fully saturated rings. The van der Waals surface area contributed by atoms with E-state index in [-0.39, 0.29) is 23.0 Å². The van der Waals surface area contributed by atoms with E-state index in [4.69, 9.17) is 4.42 Å². The SMILES string of the molecule is Cc1c(-c2ccnn2-c2ccc(C#N)cc2)n(C(=O)N[C@@H](C)c2ncc(C[N+](C)(C)C)o2)c(=O)n1-c1cccc(C(F)(F)F)c1.c1ccccc1. The van der Waals surface area contributed by atoms with Gasteiger partial charge in [-0.15, -0.1) is 0 Å². The summed E-state index contributed by atoms with van der Waals surface area (Å²) in [6, 6.07) is 24.8. The Labute approximate surface area is 292 Å². The van der Waals surface area contributed by atoms with Crippen molar-refractivity contribution in [2.45, 2.75) is 32.6 Å². The first kappa shape index (κ1) is 36.1. The minimum absolute atomic E-state index is 0.0738. The minimum atomic E-state index is -4.65. The Balaban J connectivity index is 0.000000761. The fourth-order valence-electron chi connectivity index (χ4n) is 5.35. The summed E-state index contributed by atoms with van der Waals surface area (Å²) < 4.78 is 50.6. The van der Waals surface area contributed by atoms with E-state index in [1.165, 1.54) is 29.9 Å². The van der Waals surface area contributed by atoms with Gasteiger partial charge in [-0.2, -0.15) is 23.5 Å². The number of carbonyl (C=O) groups excluding carboxylic acids is 1. The number of imidazole rings is 1. The lowest BCUT2D eigenvalue weighted by Gasteiger charge is -2.21. The number of hydrogen-bond donors (Lipinski definition) is 1. The third-order valence-corrected chi connectivity index (χ3v) is 7.62. The van der Waals surface area contributed by atoms with Crippen molar-refractivity contribution >= 4 is 6.03 Å². The Bertz CT molecular complexity index is 2190. The molecule has 3 aromatic heterocycles. The second kappa shape index (κ2) is 14.7. The topological polar surface area (TPSA) is 124 Å². The molecule has 3 heterocycles. The van der Waals surface area contributed by atoms with Gasteiger partial charge in [0, 0.05) is 0 Å². The van der Waals surface area contributed by atoms with Gasteiger partial charge in [0.25, 0.3) is 0 Å². The summed E-state index contributed by atoms with van der Waals surface area (Å²) in [5.74, 6) is 0.826. The van der Waals surface area contributed by atoms with Gasteiger partial charge in [0.15, 0.2) is 5.76 Å². The van der Waals surface area contributed by atoms with Crippen LogP contribution in [0.5, 0.6) is 0 Å². The van der Waals surface area contributed by atoms with Crippen molar-refractivity contribution in [3.8, 4) is 28.8 Å². The van der Waals surface area contributed by atoms with Crippen molar-refractivity contribution in [1.29, 1.82) is 5.26 Å². The molecule has 3 aromatic carbocycles. The summed E-state index contributed by atoms with van der Waals surface area (Å²) in [5.41, 5.74) is -0.370. The zero-order chi connectivity index (χ0) is 36.9. The van der Waals surface area contributed by atoms with Gasteiger partial charge in [0.1, 0.15) is 18.3 Å². The molecule has 6 aromatic rings. The number of carbonyl (C=O) groups is 1. The molecule has 0 spiro atoms. The van der Waals surface area contributed by atoms with Crippen molar-refractivity contribution in [2.24, 2.45) is 0 Å². The van der Waals surface area contributed by atoms with E-state index in [2.05, 4.69) is 15.4 Å². The lowest BCUT2D eigenvalue weighted by Crippen LogP contribution is -2.38. The Hall–Kier alpha value is -6.20. The molecule has 0 bridgehead atoms. The third-order valence-electron chi connectivity index (χ3n) is 7.62. The van der Waals surface area contributed by atoms with Crippen LogP contribution in [0.25, 0.3) is 22.8 Å². The predicted octanol–water partition coefficient (Wildman–Crippen LogP) is 6.89. The number of aromatic nitrogens is 5. The van der Waals surface area contributed by atoms with E-state index in [1.807, 2.05) is 63.6 Å². The molecule has 1 amide bonds. The minimum Gasteiger partial charge on any atom is -0.437 e. The van der Waals surface area contributed by atoms with E-state index >= 15 is 0 Å². The van der Waals surface area contributed by atoms with Crippen LogP contribution in [0.4, 0.5) is 18.0 Å². The lowest BCUT2D eigenvalue weighted by molar-refractivity contribution is -0.884. The number of halogens is 3. The largest absolute Gasteiger partial charge is 0.437 e. The van der Waals surface area contributed by atoms with Gasteiger partial charge in [-0.25, -0.2) is 23.8 Å². The lowest BCUT2D eigenvalue weighted by atomic mass is 10.2. The summed E-state index contributed by atoms with van der Waals surface area (Å²) >= 11 is 0. The molecule has 0 aliphatic rings. The van der Waals surface area contributed by atoms with Crippen molar-refractivity contribution in [2.75, 3.05) is 21.1 Å². The van der Waals surface area contributed by atoms with E-state index in [1.54, 1.807) is 43.5 Å². The van der Waals surface area contributed by atoms with Crippen molar-refractivity contribution in [3.05, 3.63) is 142 Å². The van der Waals surface area contributed by atoms with E-state index in [9.17, 15) is 28.0 Å². The molecule has 14 heteroatoms. The van der Waals surface area contributed by atoms with Crippen LogP contribution in [0.15, 0.2) is 113 Å². The Kier molecular flexibility index (Phi) is 10.4. The molecule has 1 N–H and O–H groups in total. The van der Waals surface area contributed by atoms with Gasteiger partial charge in [-0.3, -0.25) is 4.57 Å². The van der Waals surface area contributed by atoms with Crippen LogP contribution in [0.2, 0.25) is 0 Å². The van der Waals surface area contributed by atoms with Crippen LogP contribution in [-0.2, 0) is 12.7 Å². The molecule has 1 atom stereocenters. The molecule has 0 saturated carbocycles. The highest BCUT2D eigenvalue weighted by Crippen LogP contribution is 2.32. The molecule has 0 aliphatic heterocycles. The number of amides is 1. The van der Waals surface area contributed by atoms with Gasteiger partial charge < -0.3 is 14.2 Å². The molecule has 0 unspecified atom stereocenters. The Morgan fingerprint density at radius 2 is 1.63 bits per heavy atom. The average molecular weight is 698 g/mol. The van der Waals surface area contributed by atoms with Crippen LogP contribution in [0.3, 0.4) is 0 Å². The monoisotopic (exact) mass is 697 g/mol. The number of nitriles is 1. The number of oxazole rings is 1. The second-order valence-corrected chi connectivity index (χ2v) is 12.7. The smallest absolute Gasteiger partial charge is 0.416 e. The molecule has 6 rings (SSSR count). The maximum absolute atomic E-state index is 14.0. The maximum atomic E-state index is 14.0. The molecule has 262 valence electrons. The normalized spacial score (nSPS) is 12.1. The molecule has 0 saturated heterocycles. The summed E-state index contributed by atoms with van der Waals surface area (Å²) in [7, 11) is 5.96. The van der Waals surface area contributed by atoms with Crippen molar-refractivity contribution in [3.63, 3.8) is 0 Å². The zero-order valence-electron chi connectivity index (χ0n) is 28.6. The van der Waals surface area contributed by atoms with Crippen LogP contribution >= 0.6 is 0 Å². The molecule has 11 nitrogen and oxygen atoms in total. The fourth-order valence-corrected chi connectivity index (χ4v) is 5.35. The first-order valence-electron chi connectivity index (χ1n) is 15.8. The van der Waals surface area contributed by atoms with Gasteiger partial charge in [-0.1, -0.05) is 42.5 Å². The first-order chi connectivity index (χ1) is 24.2. The molecular weight excluding hydrogens is 661 g/mol. The molecule has 0 aliphatic carbocycles. The summed E-state index contributed by atoms with van der Waals surface area (Å²) in [5, 5.41) is 16.3. The van der Waals surface area contributed by atoms with Crippen LogP contribution in [-0.4, -0.2) is 55.6 Å². The standard InChI is InChI=1S/C31H29F3N8O3.C6H6/c1-19(28-36-17-25(45-28)18-42(3,4)5)38-29(43)40-27(26-13-14-37-41(26)23-11-9-21(16-35)10-12-23)20(2)39(30(40)44)24-8-6-7-22(15-24)31(32,33)34;1-2-4-6-5-3-1/h6-15,17,19H,18H2,1-5H3;1-6H/p+1/t19-;/m0./s1. The van der Waals surface area contributed by atoms with E-state index in [0.29, 0.717) is 33.7 Å². The van der Waals surface area contributed by atoms with Crippen LogP contribution in [0, 0.1) is 18.3 Å². The summed E-state index contributed by atoms with van der Waals surface area (Å²) in [6.07, 6.45) is -1.61. The number of hydrogen-bond acceptors (Lipinski definition) is 6. The summed E-state index contributed by atoms with van der Waals surface area (Å²) in [6.45, 7) is 3.73. The highest BCUT2D eigenvalue weighted by Gasteiger charge is 2.32. The fraction of sp³-hybridized carbons (Fsp3) is 0.216. The summed E-state index contributed by atoms with van der Waals surface area (Å²) in [4.78, 5) is 32.2. The van der Waals surface area contributed by atoms with Gasteiger partial charge in [0.2, 0.25) is 5.89 Å². The maximum Gasteiger partial charge on any atom is 0.416 e. The van der Waals surface area contributed by atoms with Crippen LogP contribution < -0.4 is 11.0 Å². The van der Waals surface area contributed by atoms with Gasteiger partial charge >= 0.3 is 17.9 Å². The highest BCUT2D eigenvalue weighted by atomic mass is 19.4. The highest BCUT2D eigenvalue weighted by molar-refractivity contribution is 5.83. The average Bonchev–Trinajstić information content (AvgIpc) is 3.82. The van der Waals surface area contributed by atoms with E-state index < -0.39 is 29.5 Å². The molecule has 51 heavy (non-hydrogen) atoms. The Morgan fingerprint density at radius 1 is 0.980 bits per heavy atom.